The summed E-state index contributed by atoms with van der Waals surface area (Å²) in [4.78, 5) is 14.7. The van der Waals surface area contributed by atoms with Crippen LogP contribution in [0.3, 0.4) is 0 Å². The summed E-state index contributed by atoms with van der Waals surface area (Å²) < 4.78 is 0. The van der Waals surface area contributed by atoms with Crippen molar-refractivity contribution in [3.63, 3.8) is 0 Å². The molecule has 0 spiro atoms. The van der Waals surface area contributed by atoms with Crippen LogP contribution in [0.4, 0.5) is 5.69 Å². The number of rotatable bonds is 5. The predicted octanol–water partition coefficient (Wildman–Crippen LogP) is 3.98. The Morgan fingerprint density at radius 1 is 1.25 bits per heavy atom. The molecule has 0 radical (unpaired) electrons. The molecule has 1 saturated heterocycles. The molecule has 0 unspecified atom stereocenters. The molecule has 1 aliphatic heterocycles. The number of nitrogens with zero attached hydrogens (tertiary/aromatic N) is 3. The van der Waals surface area contributed by atoms with E-state index in [9.17, 15) is 0 Å². The first-order chi connectivity index (χ1) is 11.7. The molecule has 1 aromatic carbocycles. The van der Waals surface area contributed by atoms with Gasteiger partial charge in [0.1, 0.15) is 12.3 Å². The van der Waals surface area contributed by atoms with Gasteiger partial charge in [0.15, 0.2) is 0 Å². The van der Waals surface area contributed by atoms with Crippen molar-refractivity contribution in [3.05, 3.63) is 57.8 Å². The Labute approximate surface area is 151 Å². The van der Waals surface area contributed by atoms with Crippen LogP contribution < -0.4 is 5.32 Å². The van der Waals surface area contributed by atoms with E-state index in [2.05, 4.69) is 28.3 Å². The first-order valence-corrected chi connectivity index (χ1v) is 8.54. The summed E-state index contributed by atoms with van der Waals surface area (Å²) >= 11 is 12.3. The monoisotopic (exact) mass is 364 g/mol. The number of aromatic nitrogens is 1. The van der Waals surface area contributed by atoms with Crippen molar-refractivity contribution in [2.24, 2.45) is 4.99 Å². The second-order valence-electron chi connectivity index (χ2n) is 5.32. The number of halogens is 2. The Morgan fingerprint density at radius 2 is 2.04 bits per heavy atom. The van der Waals surface area contributed by atoms with Crippen LogP contribution in [0, 0.1) is 0 Å². The molecule has 0 saturated carbocycles. The fraction of sp³-hybridized carbons (Fsp3) is 0.294. The highest BCUT2D eigenvalue weighted by Crippen LogP contribution is 2.33. The zero-order valence-electron chi connectivity index (χ0n) is 13.3. The SMILES string of the molecule is CCc1ccc(CON2CCN/C2=N\c2c(Cl)cccc2Cl)nc1. The molecule has 126 valence electrons. The van der Waals surface area contributed by atoms with Crippen molar-refractivity contribution in [3.8, 4) is 0 Å². The van der Waals surface area contributed by atoms with Crippen LogP contribution in [0.5, 0.6) is 0 Å². The largest absolute Gasteiger partial charge is 0.352 e. The first kappa shape index (κ1) is 17.0. The molecule has 1 fully saturated rings. The Bertz CT molecular complexity index is 714. The van der Waals surface area contributed by atoms with Gasteiger partial charge in [0, 0.05) is 12.7 Å². The second kappa shape index (κ2) is 7.83. The van der Waals surface area contributed by atoms with Gasteiger partial charge in [0.05, 0.1) is 22.3 Å². The summed E-state index contributed by atoms with van der Waals surface area (Å²) in [5.74, 6) is 0.593. The van der Waals surface area contributed by atoms with Gasteiger partial charge in [-0.25, -0.2) is 10.1 Å². The van der Waals surface area contributed by atoms with Crippen molar-refractivity contribution in [2.45, 2.75) is 20.0 Å². The van der Waals surface area contributed by atoms with Gasteiger partial charge >= 0.3 is 0 Å². The molecule has 1 aliphatic rings. The van der Waals surface area contributed by atoms with Crippen LogP contribution in [-0.4, -0.2) is 29.1 Å². The Kier molecular flexibility index (Phi) is 5.56. The van der Waals surface area contributed by atoms with E-state index in [4.69, 9.17) is 28.0 Å². The molecule has 0 bridgehead atoms. The number of pyridine rings is 1. The number of para-hydroxylation sites is 1. The van der Waals surface area contributed by atoms with Gasteiger partial charge in [-0.2, -0.15) is 0 Å². The van der Waals surface area contributed by atoms with Crippen LogP contribution in [0.25, 0.3) is 0 Å². The molecule has 7 heteroatoms. The zero-order chi connectivity index (χ0) is 16.9. The lowest BCUT2D eigenvalue weighted by Gasteiger charge is -2.17. The number of hydrogen-bond acceptors (Lipinski definition) is 3. The highest BCUT2D eigenvalue weighted by Gasteiger charge is 2.20. The van der Waals surface area contributed by atoms with E-state index in [1.54, 1.807) is 23.3 Å². The highest BCUT2D eigenvalue weighted by molar-refractivity contribution is 6.38. The minimum absolute atomic E-state index is 0.376. The predicted molar refractivity (Wildman–Crippen MR) is 96.7 cm³/mol. The number of aryl methyl sites for hydroxylation is 1. The van der Waals surface area contributed by atoms with Gasteiger partial charge in [-0.1, -0.05) is 42.3 Å². The van der Waals surface area contributed by atoms with E-state index in [-0.39, 0.29) is 0 Å². The maximum absolute atomic E-state index is 6.17. The summed E-state index contributed by atoms with van der Waals surface area (Å²) in [5.41, 5.74) is 2.61. The number of aliphatic imine (C=N–C) groups is 1. The fourth-order valence-corrected chi connectivity index (χ4v) is 2.76. The summed E-state index contributed by atoms with van der Waals surface area (Å²) in [6, 6.07) is 9.34. The molecule has 3 rings (SSSR count). The van der Waals surface area contributed by atoms with E-state index >= 15 is 0 Å². The Balaban J connectivity index is 1.70. The van der Waals surface area contributed by atoms with E-state index in [0.717, 1.165) is 18.7 Å². The van der Waals surface area contributed by atoms with Crippen LogP contribution in [0.2, 0.25) is 10.0 Å². The smallest absolute Gasteiger partial charge is 0.223 e. The van der Waals surface area contributed by atoms with E-state index < -0.39 is 0 Å². The van der Waals surface area contributed by atoms with Crippen molar-refractivity contribution >= 4 is 34.8 Å². The van der Waals surface area contributed by atoms with Gasteiger partial charge in [0.2, 0.25) is 5.96 Å². The lowest BCUT2D eigenvalue weighted by molar-refractivity contribution is -0.103. The van der Waals surface area contributed by atoms with Crippen LogP contribution in [0.15, 0.2) is 41.5 Å². The third-order valence-corrected chi connectivity index (χ3v) is 4.26. The highest BCUT2D eigenvalue weighted by atomic mass is 35.5. The molecule has 1 N–H and O–H groups in total. The van der Waals surface area contributed by atoms with Crippen molar-refractivity contribution < 1.29 is 4.84 Å². The maximum atomic E-state index is 6.17. The number of hydroxylamine groups is 2. The fourth-order valence-electron chi connectivity index (χ4n) is 2.28. The molecule has 5 nitrogen and oxygen atoms in total. The standard InChI is InChI=1S/C17H18Cl2N4O/c1-2-12-6-7-13(21-10-12)11-24-23-9-8-20-17(23)22-16-14(18)4-3-5-15(16)19/h3-7,10H,2,8-9,11H2,1H3,(H,20,22). The quantitative estimate of drug-likeness (QED) is 0.871. The van der Waals surface area contributed by atoms with E-state index in [0.29, 0.717) is 34.8 Å². The topological polar surface area (TPSA) is 49.8 Å². The lowest BCUT2D eigenvalue weighted by atomic mass is 10.2. The summed E-state index contributed by atoms with van der Waals surface area (Å²) in [5, 5.41) is 5.88. The molecule has 0 amide bonds. The summed E-state index contributed by atoms with van der Waals surface area (Å²) in [6.45, 7) is 3.91. The molecule has 2 heterocycles. The molecule has 24 heavy (non-hydrogen) atoms. The van der Waals surface area contributed by atoms with Gasteiger partial charge in [-0.05, 0) is 30.2 Å². The Hall–Kier alpha value is -1.82. The van der Waals surface area contributed by atoms with Crippen LogP contribution >= 0.6 is 23.2 Å². The minimum Gasteiger partial charge on any atom is -0.352 e. The third kappa shape index (κ3) is 3.98. The molecular weight excluding hydrogens is 347 g/mol. The number of hydrogen-bond donors (Lipinski definition) is 1. The third-order valence-electron chi connectivity index (χ3n) is 3.65. The Morgan fingerprint density at radius 3 is 2.71 bits per heavy atom. The van der Waals surface area contributed by atoms with Crippen molar-refractivity contribution in [1.82, 2.24) is 15.4 Å². The average molecular weight is 365 g/mol. The van der Waals surface area contributed by atoms with Gasteiger partial charge < -0.3 is 5.32 Å². The van der Waals surface area contributed by atoms with Gasteiger partial charge in [-0.15, -0.1) is 0 Å². The number of guanidine groups is 1. The second-order valence-corrected chi connectivity index (χ2v) is 6.13. The van der Waals surface area contributed by atoms with Crippen molar-refractivity contribution in [1.29, 1.82) is 0 Å². The molecular formula is C17H18Cl2N4O. The van der Waals surface area contributed by atoms with Crippen LogP contribution in [-0.2, 0) is 17.9 Å². The van der Waals surface area contributed by atoms with Crippen LogP contribution in [0.1, 0.15) is 18.2 Å². The molecule has 1 aromatic heterocycles. The van der Waals surface area contributed by atoms with Gasteiger partial charge in [0.25, 0.3) is 0 Å². The molecule has 0 aliphatic carbocycles. The number of nitrogens with one attached hydrogen (secondary N) is 1. The van der Waals surface area contributed by atoms with Crippen molar-refractivity contribution in [2.75, 3.05) is 13.1 Å². The molecule has 2 aromatic rings. The average Bonchev–Trinajstić information content (AvgIpc) is 3.04. The van der Waals surface area contributed by atoms with E-state index in [1.165, 1.54) is 5.56 Å². The first-order valence-electron chi connectivity index (χ1n) is 7.78. The maximum Gasteiger partial charge on any atom is 0.223 e. The zero-order valence-corrected chi connectivity index (χ0v) is 14.8. The summed E-state index contributed by atoms with van der Waals surface area (Å²) in [7, 11) is 0. The lowest BCUT2D eigenvalue weighted by Crippen LogP contribution is -2.30. The molecule has 0 atom stereocenters. The normalized spacial score (nSPS) is 15.8. The number of benzene rings is 1. The van der Waals surface area contributed by atoms with Gasteiger partial charge in [-0.3, -0.25) is 9.82 Å². The van der Waals surface area contributed by atoms with E-state index in [1.807, 2.05) is 12.3 Å². The summed E-state index contributed by atoms with van der Waals surface area (Å²) in [6.07, 6.45) is 2.85. The minimum atomic E-state index is 0.376.